The topological polar surface area (TPSA) is 97.1 Å². The zero-order chi connectivity index (χ0) is 17.7. The van der Waals surface area contributed by atoms with Crippen molar-refractivity contribution in [2.24, 2.45) is 0 Å². The van der Waals surface area contributed by atoms with Gasteiger partial charge in [0.15, 0.2) is 17.6 Å². The van der Waals surface area contributed by atoms with E-state index in [9.17, 15) is 4.79 Å². The highest BCUT2D eigenvalue weighted by Crippen LogP contribution is 2.39. The molecule has 1 aromatic carbocycles. The number of aromatic nitrogens is 4. The lowest BCUT2D eigenvalue weighted by Crippen LogP contribution is -2.46. The Kier molecular flexibility index (Phi) is 3.53. The maximum Gasteiger partial charge on any atom is 0.275 e. The predicted molar refractivity (Wildman–Crippen MR) is 91.6 cm³/mol. The van der Waals surface area contributed by atoms with Gasteiger partial charge in [-0.05, 0) is 25.8 Å². The molecule has 1 amide bonds. The van der Waals surface area contributed by atoms with Gasteiger partial charge in [0.1, 0.15) is 0 Å². The molecule has 26 heavy (non-hydrogen) atoms. The van der Waals surface area contributed by atoms with Crippen LogP contribution in [0, 0.1) is 0 Å². The van der Waals surface area contributed by atoms with Crippen molar-refractivity contribution in [3.8, 4) is 0 Å². The molecule has 2 aromatic heterocycles. The Labute approximate surface area is 149 Å². The number of rotatable bonds is 3. The molecule has 3 aromatic rings. The van der Waals surface area contributed by atoms with E-state index in [-0.39, 0.29) is 12.0 Å². The maximum atomic E-state index is 13.0. The van der Waals surface area contributed by atoms with Crippen LogP contribution in [0.5, 0.6) is 0 Å². The molecule has 0 unspecified atom stereocenters. The van der Waals surface area contributed by atoms with Gasteiger partial charge >= 0.3 is 0 Å². The first-order valence-corrected chi connectivity index (χ1v) is 8.90. The standard InChI is InChI=1S/C18H19N5O3/c1-10-8-23(18(24)15-12-4-2-3-5-13(12)20-21-15)9-14(25-10)17-19-16(22-26-17)11-6-7-11/h2-5,10-11,14H,6-9H2,1H3,(H,20,21)/t10-,14-/m1/s1. The van der Waals surface area contributed by atoms with E-state index < -0.39 is 6.10 Å². The van der Waals surface area contributed by atoms with Gasteiger partial charge in [0.05, 0.1) is 18.2 Å². The molecule has 3 heterocycles. The van der Waals surface area contributed by atoms with Crippen molar-refractivity contribution in [2.45, 2.75) is 37.9 Å². The average Bonchev–Trinajstić information content (AvgIpc) is 3.23. The second kappa shape index (κ2) is 5.91. The zero-order valence-electron chi connectivity index (χ0n) is 14.4. The number of para-hydroxylation sites is 1. The number of H-pyrrole nitrogens is 1. The van der Waals surface area contributed by atoms with Crippen molar-refractivity contribution in [2.75, 3.05) is 13.1 Å². The Morgan fingerprint density at radius 1 is 1.27 bits per heavy atom. The van der Waals surface area contributed by atoms with Gasteiger partial charge in [-0.3, -0.25) is 9.89 Å². The number of carbonyl (C=O) groups excluding carboxylic acids is 1. The van der Waals surface area contributed by atoms with Gasteiger partial charge in [0.2, 0.25) is 0 Å². The lowest BCUT2D eigenvalue weighted by atomic mass is 10.1. The molecule has 5 rings (SSSR count). The fraction of sp³-hybridized carbons (Fsp3) is 0.444. The molecule has 134 valence electrons. The minimum absolute atomic E-state index is 0.121. The second-order valence-electron chi connectivity index (χ2n) is 7.03. The Hall–Kier alpha value is -2.74. The van der Waals surface area contributed by atoms with E-state index in [1.54, 1.807) is 4.90 Å². The van der Waals surface area contributed by atoms with Crippen LogP contribution in [0.25, 0.3) is 10.9 Å². The summed E-state index contributed by atoms with van der Waals surface area (Å²) in [5.74, 6) is 1.49. The SMILES string of the molecule is C[C@@H]1CN(C(=O)c2n[nH]c3ccccc23)C[C@H](c2nc(C3CC3)no2)O1. The largest absolute Gasteiger partial charge is 0.362 e. The monoisotopic (exact) mass is 353 g/mol. The van der Waals surface area contributed by atoms with Crippen molar-refractivity contribution >= 4 is 16.8 Å². The summed E-state index contributed by atoms with van der Waals surface area (Å²) in [4.78, 5) is 19.3. The number of ether oxygens (including phenoxy) is 1. The lowest BCUT2D eigenvalue weighted by molar-refractivity contribution is -0.0810. The molecule has 8 nitrogen and oxygen atoms in total. The molecule has 1 aliphatic heterocycles. The molecule has 0 spiro atoms. The number of fused-ring (bicyclic) bond motifs is 1. The zero-order valence-corrected chi connectivity index (χ0v) is 14.4. The minimum atomic E-state index is -0.409. The van der Waals surface area contributed by atoms with E-state index in [4.69, 9.17) is 9.26 Å². The molecule has 1 saturated carbocycles. The van der Waals surface area contributed by atoms with Gasteiger partial charge in [0.25, 0.3) is 11.8 Å². The summed E-state index contributed by atoms with van der Waals surface area (Å²) < 4.78 is 11.3. The van der Waals surface area contributed by atoms with Gasteiger partial charge in [-0.2, -0.15) is 10.1 Å². The van der Waals surface area contributed by atoms with Crippen LogP contribution in [0.2, 0.25) is 0 Å². The summed E-state index contributed by atoms with van der Waals surface area (Å²) >= 11 is 0. The number of hydrogen-bond acceptors (Lipinski definition) is 6. The number of hydrogen-bond donors (Lipinski definition) is 1. The fourth-order valence-electron chi connectivity index (χ4n) is 3.42. The normalized spacial score (nSPS) is 23.5. The third-order valence-corrected chi connectivity index (χ3v) is 4.90. The number of nitrogens with one attached hydrogen (secondary N) is 1. The first-order chi connectivity index (χ1) is 12.7. The summed E-state index contributed by atoms with van der Waals surface area (Å²) in [6, 6.07) is 7.61. The van der Waals surface area contributed by atoms with Crippen molar-refractivity contribution in [3.63, 3.8) is 0 Å². The fourth-order valence-corrected chi connectivity index (χ4v) is 3.42. The van der Waals surface area contributed by atoms with Crippen LogP contribution in [0.3, 0.4) is 0 Å². The minimum Gasteiger partial charge on any atom is -0.362 e. The number of nitrogens with zero attached hydrogens (tertiary/aromatic N) is 4. The van der Waals surface area contributed by atoms with Crippen LogP contribution in [0.15, 0.2) is 28.8 Å². The molecule has 0 radical (unpaired) electrons. The van der Waals surface area contributed by atoms with Crippen LogP contribution < -0.4 is 0 Å². The van der Waals surface area contributed by atoms with Gasteiger partial charge in [-0.25, -0.2) is 0 Å². The molecular weight excluding hydrogens is 334 g/mol. The highest BCUT2D eigenvalue weighted by Gasteiger charge is 2.36. The Morgan fingerprint density at radius 3 is 2.96 bits per heavy atom. The summed E-state index contributed by atoms with van der Waals surface area (Å²) in [6.45, 7) is 2.81. The molecule has 8 heteroatoms. The predicted octanol–water partition coefficient (Wildman–Crippen LogP) is 2.43. The highest BCUT2D eigenvalue weighted by molar-refractivity contribution is 6.04. The molecular formula is C18H19N5O3. The third-order valence-electron chi connectivity index (χ3n) is 4.90. The van der Waals surface area contributed by atoms with Crippen LogP contribution >= 0.6 is 0 Å². The number of amides is 1. The van der Waals surface area contributed by atoms with Crippen LogP contribution in [0.1, 0.15) is 54.0 Å². The van der Waals surface area contributed by atoms with E-state index >= 15 is 0 Å². The molecule has 1 saturated heterocycles. The van der Waals surface area contributed by atoms with Crippen LogP contribution in [0.4, 0.5) is 0 Å². The van der Waals surface area contributed by atoms with Crippen molar-refractivity contribution in [3.05, 3.63) is 41.7 Å². The maximum absolute atomic E-state index is 13.0. The van der Waals surface area contributed by atoms with Crippen molar-refractivity contribution < 1.29 is 14.1 Å². The first-order valence-electron chi connectivity index (χ1n) is 8.90. The van der Waals surface area contributed by atoms with E-state index in [0.717, 1.165) is 29.6 Å². The molecule has 1 N–H and O–H groups in total. The number of benzene rings is 1. The molecule has 2 fully saturated rings. The van der Waals surface area contributed by atoms with Crippen molar-refractivity contribution in [1.29, 1.82) is 0 Å². The van der Waals surface area contributed by atoms with E-state index in [1.165, 1.54) is 0 Å². The first kappa shape index (κ1) is 15.5. The van der Waals surface area contributed by atoms with Crippen LogP contribution in [-0.2, 0) is 4.74 Å². The van der Waals surface area contributed by atoms with E-state index in [2.05, 4.69) is 20.3 Å². The summed E-state index contributed by atoms with van der Waals surface area (Å²) in [5.41, 5.74) is 1.28. The molecule has 2 atom stereocenters. The van der Waals surface area contributed by atoms with Crippen LogP contribution in [-0.4, -0.2) is 50.3 Å². The molecule has 0 bridgehead atoms. The van der Waals surface area contributed by atoms with Gasteiger partial charge < -0.3 is 14.2 Å². The van der Waals surface area contributed by atoms with Gasteiger partial charge in [0, 0.05) is 17.8 Å². The summed E-state index contributed by atoms with van der Waals surface area (Å²) in [7, 11) is 0. The molecule has 1 aliphatic carbocycles. The number of morpholine rings is 1. The Bertz CT molecular complexity index is 961. The highest BCUT2D eigenvalue weighted by atomic mass is 16.5. The summed E-state index contributed by atoms with van der Waals surface area (Å²) in [5, 5.41) is 12.0. The summed E-state index contributed by atoms with van der Waals surface area (Å²) in [6.07, 6.45) is 1.68. The number of aromatic amines is 1. The smallest absolute Gasteiger partial charge is 0.275 e. The van der Waals surface area contributed by atoms with Gasteiger partial charge in [-0.1, -0.05) is 23.4 Å². The van der Waals surface area contributed by atoms with E-state index in [0.29, 0.717) is 30.6 Å². The average molecular weight is 353 g/mol. The molecule has 2 aliphatic rings. The number of carbonyl (C=O) groups is 1. The second-order valence-corrected chi connectivity index (χ2v) is 7.03. The Morgan fingerprint density at radius 2 is 2.12 bits per heavy atom. The third kappa shape index (κ3) is 2.66. The quantitative estimate of drug-likeness (QED) is 0.777. The Balaban J connectivity index is 1.40. The van der Waals surface area contributed by atoms with Crippen molar-refractivity contribution in [1.82, 2.24) is 25.2 Å². The van der Waals surface area contributed by atoms with E-state index in [1.807, 2.05) is 31.2 Å². The van der Waals surface area contributed by atoms with Gasteiger partial charge in [-0.15, -0.1) is 0 Å². The lowest BCUT2D eigenvalue weighted by Gasteiger charge is -2.34.